The summed E-state index contributed by atoms with van der Waals surface area (Å²) in [7, 11) is -3.13. The number of allylic oxidation sites excluding steroid dienone is 2. The first kappa shape index (κ1) is 20.3. The van der Waals surface area contributed by atoms with E-state index in [1.807, 2.05) is 0 Å². The molecule has 28 heavy (non-hydrogen) atoms. The third-order valence-electron chi connectivity index (χ3n) is 4.62. The van der Waals surface area contributed by atoms with Gasteiger partial charge in [0.05, 0.1) is 6.16 Å². The Balaban J connectivity index is 2.14. The average Bonchev–Trinajstić information content (AvgIpc) is 2.72. The van der Waals surface area contributed by atoms with Gasteiger partial charge in [-0.1, -0.05) is 80.2 Å². The molecule has 140 valence electrons. The Hall–Kier alpha value is -2.39. The monoisotopic (exact) mass is 399 g/mol. The summed E-state index contributed by atoms with van der Waals surface area (Å²) >= 11 is 0. The van der Waals surface area contributed by atoms with E-state index in [-0.39, 0.29) is 0 Å². The van der Waals surface area contributed by atoms with Crippen molar-refractivity contribution >= 4 is 31.2 Å². The largest absolute Gasteiger partial charge is 0.129 e. The van der Waals surface area contributed by atoms with Crippen molar-refractivity contribution in [2.75, 3.05) is 6.16 Å². The van der Waals surface area contributed by atoms with Crippen LogP contribution in [0.3, 0.4) is 0 Å². The first-order valence-corrected chi connectivity index (χ1v) is 15.2. The van der Waals surface area contributed by atoms with Crippen LogP contribution in [0.1, 0.15) is 0 Å². The molecule has 0 N–H and O–H groups in total. The quantitative estimate of drug-likeness (QED) is 0.305. The van der Waals surface area contributed by atoms with Crippen molar-refractivity contribution in [3.63, 3.8) is 0 Å². The fourth-order valence-electron chi connectivity index (χ4n) is 3.34. The summed E-state index contributed by atoms with van der Waals surface area (Å²) in [5.41, 5.74) is 3.44. The van der Waals surface area contributed by atoms with Crippen LogP contribution >= 0.6 is 7.26 Å². The summed E-state index contributed by atoms with van der Waals surface area (Å²) in [5.74, 6) is 3.30. The van der Waals surface area contributed by atoms with Crippen LogP contribution in [0.15, 0.2) is 103 Å². The van der Waals surface area contributed by atoms with Crippen LogP contribution < -0.4 is 15.9 Å². The van der Waals surface area contributed by atoms with Crippen molar-refractivity contribution in [3.05, 3.63) is 103 Å². The molecular weight excluding hydrogens is 371 g/mol. The minimum Gasteiger partial charge on any atom is -0.127 e. The molecule has 3 aromatic rings. The lowest BCUT2D eigenvalue weighted by atomic mass is 10.4. The van der Waals surface area contributed by atoms with Crippen molar-refractivity contribution in [1.29, 1.82) is 0 Å². The van der Waals surface area contributed by atoms with Crippen LogP contribution in [0.5, 0.6) is 0 Å². The maximum atomic E-state index is 3.44. The molecule has 0 aliphatic heterocycles. The molecule has 0 spiro atoms. The van der Waals surface area contributed by atoms with E-state index in [1.165, 1.54) is 15.9 Å². The van der Waals surface area contributed by atoms with Crippen molar-refractivity contribution in [2.45, 2.75) is 19.6 Å². The van der Waals surface area contributed by atoms with E-state index in [0.717, 1.165) is 6.16 Å². The fourth-order valence-corrected chi connectivity index (χ4v) is 7.85. The van der Waals surface area contributed by atoms with E-state index in [2.05, 4.69) is 134 Å². The highest BCUT2D eigenvalue weighted by molar-refractivity contribution is 7.95. The zero-order valence-corrected chi connectivity index (χ0v) is 18.9. The molecule has 0 amide bonds. The van der Waals surface area contributed by atoms with Crippen LogP contribution in [-0.2, 0) is 0 Å². The SMILES string of the molecule is C[Si](C)(C)C#CC=CC[P+](c1ccccc1)(c1ccccc1)c1ccccc1. The fraction of sp³-hybridized carbons (Fsp3) is 0.154. The van der Waals surface area contributed by atoms with Gasteiger partial charge >= 0.3 is 0 Å². The van der Waals surface area contributed by atoms with Crippen molar-refractivity contribution in [2.24, 2.45) is 0 Å². The normalized spacial score (nSPS) is 11.8. The number of hydrogen-bond acceptors (Lipinski definition) is 0. The van der Waals surface area contributed by atoms with Gasteiger partial charge in [0.25, 0.3) is 0 Å². The van der Waals surface area contributed by atoms with Gasteiger partial charge in [-0.15, -0.1) is 5.54 Å². The Morgan fingerprint density at radius 2 is 1.07 bits per heavy atom. The van der Waals surface area contributed by atoms with E-state index < -0.39 is 15.3 Å². The Kier molecular flexibility index (Phi) is 6.68. The molecule has 0 bridgehead atoms. The van der Waals surface area contributed by atoms with E-state index in [9.17, 15) is 0 Å². The third kappa shape index (κ3) is 4.90. The van der Waals surface area contributed by atoms with Crippen LogP contribution in [0.25, 0.3) is 0 Å². The second kappa shape index (κ2) is 9.20. The van der Waals surface area contributed by atoms with Gasteiger partial charge in [-0.3, -0.25) is 0 Å². The van der Waals surface area contributed by atoms with Gasteiger partial charge in [0.15, 0.2) is 0 Å². The molecule has 0 unspecified atom stereocenters. The van der Waals surface area contributed by atoms with Gasteiger partial charge in [0.1, 0.15) is 31.2 Å². The van der Waals surface area contributed by atoms with Crippen molar-refractivity contribution in [3.8, 4) is 11.5 Å². The average molecular weight is 400 g/mol. The van der Waals surface area contributed by atoms with Crippen LogP contribution in [0, 0.1) is 11.5 Å². The number of rotatable bonds is 5. The highest BCUT2D eigenvalue weighted by atomic mass is 31.2. The van der Waals surface area contributed by atoms with Crippen molar-refractivity contribution < 1.29 is 0 Å². The third-order valence-corrected chi connectivity index (χ3v) is 9.81. The summed E-state index contributed by atoms with van der Waals surface area (Å²) in [4.78, 5) is 0. The lowest BCUT2D eigenvalue weighted by Crippen LogP contribution is -2.32. The molecule has 0 saturated carbocycles. The summed E-state index contributed by atoms with van der Waals surface area (Å²) in [6.07, 6.45) is 5.33. The van der Waals surface area contributed by atoms with Gasteiger partial charge in [-0.2, -0.15) is 0 Å². The summed E-state index contributed by atoms with van der Waals surface area (Å²) in [6.45, 7) is 6.84. The molecule has 0 aromatic heterocycles. The molecule has 0 nitrogen and oxygen atoms in total. The molecule has 0 saturated heterocycles. The first-order chi connectivity index (χ1) is 13.5. The van der Waals surface area contributed by atoms with Gasteiger partial charge in [0.2, 0.25) is 0 Å². The van der Waals surface area contributed by atoms with E-state index in [1.54, 1.807) is 0 Å². The van der Waals surface area contributed by atoms with Crippen LogP contribution in [0.4, 0.5) is 0 Å². The van der Waals surface area contributed by atoms with Crippen LogP contribution in [-0.4, -0.2) is 14.2 Å². The molecule has 0 atom stereocenters. The second-order valence-corrected chi connectivity index (χ2v) is 16.2. The molecule has 0 aliphatic rings. The van der Waals surface area contributed by atoms with Gasteiger partial charge < -0.3 is 0 Å². The highest BCUT2D eigenvalue weighted by Crippen LogP contribution is 2.55. The molecule has 0 radical (unpaired) electrons. The molecular formula is C26H28PSi+. The van der Waals surface area contributed by atoms with Crippen LogP contribution in [0.2, 0.25) is 19.6 Å². The standard InChI is InChI=1S/C26H28PSi/c1-28(2,3)23-15-7-14-22-27(24-16-8-4-9-17-24,25-18-10-5-11-19-25)26-20-12-6-13-21-26/h4-14,16-21H,22H2,1-3H3/q+1. The van der Waals surface area contributed by atoms with E-state index in [0.29, 0.717) is 0 Å². The molecule has 3 aromatic carbocycles. The number of hydrogen-bond donors (Lipinski definition) is 0. The Morgan fingerprint density at radius 3 is 1.43 bits per heavy atom. The molecule has 0 fully saturated rings. The first-order valence-electron chi connectivity index (χ1n) is 9.75. The minimum atomic E-state index is -1.78. The maximum absolute atomic E-state index is 3.44. The zero-order chi connectivity index (χ0) is 19.9. The van der Waals surface area contributed by atoms with Crippen molar-refractivity contribution in [1.82, 2.24) is 0 Å². The minimum absolute atomic E-state index is 0.978. The smallest absolute Gasteiger partial charge is 0.127 e. The van der Waals surface area contributed by atoms with Gasteiger partial charge in [0, 0.05) is 0 Å². The topological polar surface area (TPSA) is 0 Å². The molecule has 2 heteroatoms. The Labute approximate surface area is 171 Å². The molecule has 0 aliphatic carbocycles. The zero-order valence-electron chi connectivity index (χ0n) is 17.0. The molecule has 0 heterocycles. The van der Waals surface area contributed by atoms with E-state index in [4.69, 9.17) is 0 Å². The lowest BCUT2D eigenvalue weighted by molar-refractivity contribution is 1.65. The number of benzene rings is 3. The maximum Gasteiger partial charge on any atom is 0.129 e. The summed E-state index contributed by atoms with van der Waals surface area (Å²) in [6, 6.07) is 33.0. The Bertz CT molecular complexity index is 862. The predicted molar refractivity (Wildman–Crippen MR) is 130 cm³/mol. The summed E-state index contributed by atoms with van der Waals surface area (Å²) < 4.78 is 0. The van der Waals surface area contributed by atoms with Gasteiger partial charge in [-0.25, -0.2) is 0 Å². The lowest BCUT2D eigenvalue weighted by Gasteiger charge is -2.26. The highest BCUT2D eigenvalue weighted by Gasteiger charge is 2.43. The predicted octanol–water partition coefficient (Wildman–Crippen LogP) is 5.42. The Morgan fingerprint density at radius 1 is 0.679 bits per heavy atom. The second-order valence-electron chi connectivity index (χ2n) is 7.92. The molecule has 3 rings (SSSR count). The van der Waals surface area contributed by atoms with E-state index >= 15 is 0 Å². The summed E-state index contributed by atoms with van der Waals surface area (Å²) in [5, 5.41) is 4.24. The van der Waals surface area contributed by atoms with Gasteiger partial charge in [-0.05, 0) is 48.6 Å².